The van der Waals surface area contributed by atoms with Gasteiger partial charge in [-0.05, 0) is 13.6 Å². The highest BCUT2D eigenvalue weighted by Gasteiger charge is 1.66. The number of hydrogen-bond donors (Lipinski definition) is 0. The summed E-state index contributed by atoms with van der Waals surface area (Å²) in [7, 11) is 0. The molecule has 0 amide bonds. The fourth-order valence-corrected chi connectivity index (χ4v) is 0.139. The molecule has 0 atom stereocenters. The zero-order valence-corrected chi connectivity index (χ0v) is 6.39. The summed E-state index contributed by atoms with van der Waals surface area (Å²) in [6.45, 7) is 12.5. The Balaban J connectivity index is 0. The number of allylic oxidation sites excluding steroid dienone is 1. The van der Waals surface area contributed by atoms with E-state index in [0.717, 1.165) is 5.70 Å². The second-order valence-corrected chi connectivity index (χ2v) is 1.16. The lowest BCUT2D eigenvalue weighted by atomic mass is 10.6. The molecule has 0 aliphatic carbocycles. The standard InChI is InChI=1S/C5H8N2.C2H6/c1-5(2)7-4-6-3;1-2/h4H,1,3H2,2H3;1-2H3. The van der Waals surface area contributed by atoms with Crippen LogP contribution in [-0.2, 0) is 0 Å². The summed E-state index contributed by atoms with van der Waals surface area (Å²) >= 11 is 0. The van der Waals surface area contributed by atoms with Crippen LogP contribution in [0.5, 0.6) is 0 Å². The maximum atomic E-state index is 3.69. The van der Waals surface area contributed by atoms with Crippen LogP contribution in [-0.4, -0.2) is 13.1 Å². The van der Waals surface area contributed by atoms with Crippen LogP contribution in [0.1, 0.15) is 20.8 Å². The molecule has 0 aromatic rings. The van der Waals surface area contributed by atoms with Crippen molar-refractivity contribution in [3.05, 3.63) is 12.3 Å². The van der Waals surface area contributed by atoms with E-state index in [1.54, 1.807) is 6.92 Å². The normalized spacial score (nSPS) is 7.89. The second kappa shape index (κ2) is 10.1. The Morgan fingerprint density at radius 1 is 1.44 bits per heavy atom. The zero-order chi connectivity index (χ0) is 7.70. The van der Waals surface area contributed by atoms with Gasteiger partial charge in [-0.2, -0.15) is 0 Å². The molecule has 0 fully saturated rings. The van der Waals surface area contributed by atoms with Gasteiger partial charge in [0.1, 0.15) is 6.34 Å². The van der Waals surface area contributed by atoms with Crippen LogP contribution in [0.25, 0.3) is 0 Å². The number of rotatable bonds is 2. The van der Waals surface area contributed by atoms with Crippen LogP contribution in [0.15, 0.2) is 22.3 Å². The summed E-state index contributed by atoms with van der Waals surface area (Å²) in [6.07, 6.45) is 1.36. The fraction of sp³-hybridized carbons (Fsp3) is 0.429. The van der Waals surface area contributed by atoms with E-state index in [-0.39, 0.29) is 0 Å². The third kappa shape index (κ3) is 19.3. The molecule has 9 heavy (non-hydrogen) atoms. The molecule has 0 heterocycles. The number of hydrogen-bond acceptors (Lipinski definition) is 1. The van der Waals surface area contributed by atoms with Crippen molar-refractivity contribution in [2.24, 2.45) is 9.98 Å². The second-order valence-electron chi connectivity index (χ2n) is 1.16. The largest absolute Gasteiger partial charge is 0.253 e. The minimum absolute atomic E-state index is 0.743. The van der Waals surface area contributed by atoms with Crippen LogP contribution in [0, 0.1) is 0 Å². The fourth-order valence-electron chi connectivity index (χ4n) is 0.139. The highest BCUT2D eigenvalue weighted by molar-refractivity contribution is 5.62. The van der Waals surface area contributed by atoms with Crippen LogP contribution in [0.4, 0.5) is 0 Å². The lowest BCUT2D eigenvalue weighted by Crippen LogP contribution is -1.63. The van der Waals surface area contributed by atoms with Crippen molar-refractivity contribution in [1.82, 2.24) is 0 Å². The Bertz CT molecular complexity index is 103. The van der Waals surface area contributed by atoms with E-state index in [2.05, 4.69) is 23.3 Å². The predicted octanol–water partition coefficient (Wildman–Crippen LogP) is 2.28. The molecule has 0 unspecified atom stereocenters. The van der Waals surface area contributed by atoms with Gasteiger partial charge in [0.2, 0.25) is 0 Å². The van der Waals surface area contributed by atoms with Gasteiger partial charge in [0.25, 0.3) is 0 Å². The van der Waals surface area contributed by atoms with Crippen molar-refractivity contribution in [2.75, 3.05) is 0 Å². The van der Waals surface area contributed by atoms with Crippen molar-refractivity contribution in [3.63, 3.8) is 0 Å². The highest BCUT2D eigenvalue weighted by atomic mass is 14.8. The SMILES string of the molecule is C=NC=NC(=C)C.CC. The van der Waals surface area contributed by atoms with Gasteiger partial charge in [0.05, 0.1) is 0 Å². The van der Waals surface area contributed by atoms with E-state index >= 15 is 0 Å². The summed E-state index contributed by atoms with van der Waals surface area (Å²) in [5.41, 5.74) is 0.743. The molecule has 0 saturated heterocycles. The molecule has 2 heteroatoms. The smallest absolute Gasteiger partial charge is 0.114 e. The van der Waals surface area contributed by atoms with E-state index in [1.165, 1.54) is 6.34 Å². The zero-order valence-electron chi connectivity index (χ0n) is 6.39. The van der Waals surface area contributed by atoms with Crippen molar-refractivity contribution in [3.8, 4) is 0 Å². The Morgan fingerprint density at radius 3 is 2.00 bits per heavy atom. The monoisotopic (exact) mass is 126 g/mol. The molecule has 0 aliphatic heterocycles. The first-order valence-corrected chi connectivity index (χ1v) is 2.91. The van der Waals surface area contributed by atoms with E-state index in [4.69, 9.17) is 0 Å². The molecule has 2 nitrogen and oxygen atoms in total. The molecular formula is C7H14N2. The molecule has 0 bridgehead atoms. The summed E-state index contributed by atoms with van der Waals surface area (Å²) in [6, 6.07) is 0. The third-order valence-corrected chi connectivity index (χ3v) is 0.360. The van der Waals surface area contributed by atoms with Gasteiger partial charge in [-0.1, -0.05) is 20.4 Å². The molecule has 0 N–H and O–H groups in total. The van der Waals surface area contributed by atoms with Gasteiger partial charge < -0.3 is 0 Å². The molecule has 0 saturated carbocycles. The molecular weight excluding hydrogens is 112 g/mol. The van der Waals surface area contributed by atoms with Crippen LogP contribution in [0.2, 0.25) is 0 Å². The lowest BCUT2D eigenvalue weighted by Gasteiger charge is -1.77. The minimum atomic E-state index is 0.743. The van der Waals surface area contributed by atoms with Crippen LogP contribution >= 0.6 is 0 Å². The Morgan fingerprint density at radius 2 is 1.89 bits per heavy atom. The van der Waals surface area contributed by atoms with Gasteiger partial charge >= 0.3 is 0 Å². The average Bonchev–Trinajstić information content (AvgIpc) is 1.88. The Labute approximate surface area is 57.0 Å². The van der Waals surface area contributed by atoms with Crippen LogP contribution < -0.4 is 0 Å². The van der Waals surface area contributed by atoms with Crippen LogP contribution in [0.3, 0.4) is 0 Å². The molecule has 0 radical (unpaired) electrons. The molecule has 52 valence electrons. The van der Waals surface area contributed by atoms with Gasteiger partial charge in [0.15, 0.2) is 0 Å². The van der Waals surface area contributed by atoms with Gasteiger partial charge in [-0.25, -0.2) is 4.99 Å². The summed E-state index contributed by atoms with van der Waals surface area (Å²) < 4.78 is 0. The highest BCUT2D eigenvalue weighted by Crippen LogP contribution is 1.83. The Hall–Kier alpha value is -0.920. The first kappa shape index (κ1) is 11.0. The summed E-state index contributed by atoms with van der Waals surface area (Å²) in [5, 5.41) is 0. The first-order valence-electron chi connectivity index (χ1n) is 2.91. The van der Waals surface area contributed by atoms with Crippen molar-refractivity contribution < 1.29 is 0 Å². The van der Waals surface area contributed by atoms with Gasteiger partial charge in [-0.15, -0.1) is 0 Å². The average molecular weight is 126 g/mol. The van der Waals surface area contributed by atoms with Crippen molar-refractivity contribution in [2.45, 2.75) is 20.8 Å². The molecule has 0 rings (SSSR count). The summed E-state index contributed by atoms with van der Waals surface area (Å²) in [5.74, 6) is 0. The van der Waals surface area contributed by atoms with Gasteiger partial charge in [-0.3, -0.25) is 4.99 Å². The Kier molecular flexibility index (Phi) is 12.3. The molecule has 0 spiro atoms. The lowest BCUT2D eigenvalue weighted by molar-refractivity contribution is 1.33. The topological polar surface area (TPSA) is 24.7 Å². The van der Waals surface area contributed by atoms with E-state index in [1.807, 2.05) is 13.8 Å². The number of nitrogens with zero attached hydrogens (tertiary/aromatic N) is 2. The predicted molar refractivity (Wildman–Crippen MR) is 44.2 cm³/mol. The maximum Gasteiger partial charge on any atom is 0.114 e. The van der Waals surface area contributed by atoms with Crippen molar-refractivity contribution >= 4 is 13.1 Å². The first-order chi connectivity index (χ1) is 4.27. The summed E-state index contributed by atoms with van der Waals surface area (Å²) in [4.78, 5) is 7.07. The quantitative estimate of drug-likeness (QED) is 0.400. The van der Waals surface area contributed by atoms with Crippen molar-refractivity contribution in [1.29, 1.82) is 0 Å². The van der Waals surface area contributed by atoms with E-state index in [0.29, 0.717) is 0 Å². The molecule has 0 aromatic carbocycles. The maximum absolute atomic E-state index is 3.69. The van der Waals surface area contributed by atoms with E-state index in [9.17, 15) is 0 Å². The van der Waals surface area contributed by atoms with Gasteiger partial charge in [0, 0.05) is 5.70 Å². The van der Waals surface area contributed by atoms with E-state index < -0.39 is 0 Å². The number of aliphatic imine (C=N–C) groups is 2. The molecule has 0 aliphatic rings. The third-order valence-electron chi connectivity index (χ3n) is 0.360. The molecule has 0 aromatic heterocycles. The minimum Gasteiger partial charge on any atom is -0.253 e.